The highest BCUT2D eigenvalue weighted by Crippen LogP contribution is 2.17. The molecule has 1 aliphatic heterocycles. The molecule has 0 saturated carbocycles. The molecular weight excluding hydrogens is 210 g/mol. The molecule has 1 unspecified atom stereocenters. The number of pyridine rings is 1. The van der Waals surface area contributed by atoms with Crippen LogP contribution in [0.3, 0.4) is 0 Å². The highest BCUT2D eigenvalue weighted by atomic mass is 15.2. The van der Waals surface area contributed by atoms with Crippen LogP contribution in [0.5, 0.6) is 0 Å². The van der Waals surface area contributed by atoms with E-state index in [9.17, 15) is 0 Å². The van der Waals surface area contributed by atoms with Gasteiger partial charge >= 0.3 is 0 Å². The summed E-state index contributed by atoms with van der Waals surface area (Å²) < 4.78 is 0. The third-order valence-electron chi connectivity index (χ3n) is 3.67. The Hall–Kier alpha value is -0.930. The van der Waals surface area contributed by atoms with Crippen molar-refractivity contribution in [3.63, 3.8) is 0 Å². The Kier molecular flexibility index (Phi) is 3.79. The van der Waals surface area contributed by atoms with Crippen LogP contribution in [0.2, 0.25) is 0 Å². The third-order valence-corrected chi connectivity index (χ3v) is 3.67. The van der Waals surface area contributed by atoms with Gasteiger partial charge in [0.15, 0.2) is 0 Å². The van der Waals surface area contributed by atoms with Gasteiger partial charge in [0.2, 0.25) is 0 Å². The normalized spacial score (nSPS) is 26.1. The SMILES string of the molecule is CCC1(C)CN(Cc2cncc(C)c2)CCN1. The van der Waals surface area contributed by atoms with Gasteiger partial charge in [0.25, 0.3) is 0 Å². The van der Waals surface area contributed by atoms with E-state index in [1.165, 1.54) is 17.5 Å². The second kappa shape index (κ2) is 5.15. The van der Waals surface area contributed by atoms with Crippen molar-refractivity contribution in [1.82, 2.24) is 15.2 Å². The van der Waals surface area contributed by atoms with Crippen molar-refractivity contribution in [3.8, 4) is 0 Å². The quantitative estimate of drug-likeness (QED) is 0.865. The molecule has 17 heavy (non-hydrogen) atoms. The maximum absolute atomic E-state index is 4.26. The van der Waals surface area contributed by atoms with Gasteiger partial charge in [-0.2, -0.15) is 0 Å². The maximum atomic E-state index is 4.26. The van der Waals surface area contributed by atoms with Crippen LogP contribution < -0.4 is 5.32 Å². The van der Waals surface area contributed by atoms with Crippen molar-refractivity contribution < 1.29 is 0 Å². The lowest BCUT2D eigenvalue weighted by Crippen LogP contribution is -2.58. The van der Waals surface area contributed by atoms with Crippen LogP contribution in [-0.4, -0.2) is 35.1 Å². The van der Waals surface area contributed by atoms with Crippen LogP contribution in [0, 0.1) is 6.92 Å². The van der Waals surface area contributed by atoms with E-state index in [0.717, 1.165) is 26.2 Å². The first-order valence-electron chi connectivity index (χ1n) is 6.49. The highest BCUT2D eigenvalue weighted by molar-refractivity contribution is 5.16. The van der Waals surface area contributed by atoms with Gasteiger partial charge in [0.05, 0.1) is 0 Å². The molecule has 0 amide bonds. The fourth-order valence-electron chi connectivity index (χ4n) is 2.48. The number of aromatic nitrogens is 1. The molecule has 0 bridgehead atoms. The molecule has 1 aromatic heterocycles. The minimum atomic E-state index is 0.273. The van der Waals surface area contributed by atoms with Crippen molar-refractivity contribution >= 4 is 0 Å². The average Bonchev–Trinajstić information content (AvgIpc) is 2.29. The van der Waals surface area contributed by atoms with Crippen molar-refractivity contribution in [2.24, 2.45) is 0 Å². The predicted molar refractivity (Wildman–Crippen MR) is 70.9 cm³/mol. The fraction of sp³-hybridized carbons (Fsp3) is 0.643. The topological polar surface area (TPSA) is 28.2 Å². The number of hydrogen-bond acceptors (Lipinski definition) is 3. The van der Waals surface area contributed by atoms with Crippen LogP contribution >= 0.6 is 0 Å². The molecule has 1 aliphatic rings. The Bertz CT molecular complexity index is 377. The van der Waals surface area contributed by atoms with Crippen LogP contribution in [0.25, 0.3) is 0 Å². The van der Waals surface area contributed by atoms with Crippen molar-refractivity contribution in [2.45, 2.75) is 39.3 Å². The average molecular weight is 233 g/mol. The standard InChI is InChI=1S/C14H23N3/c1-4-14(3)11-17(6-5-16-14)10-13-7-12(2)8-15-9-13/h7-9,16H,4-6,10-11H2,1-3H3. The minimum absolute atomic E-state index is 0.273. The number of nitrogens with one attached hydrogen (secondary N) is 1. The van der Waals surface area contributed by atoms with E-state index in [4.69, 9.17) is 0 Å². The van der Waals surface area contributed by atoms with Gasteiger partial charge in [-0.3, -0.25) is 9.88 Å². The van der Waals surface area contributed by atoms with E-state index in [-0.39, 0.29) is 5.54 Å². The largest absolute Gasteiger partial charge is 0.309 e. The first kappa shape index (κ1) is 12.5. The van der Waals surface area contributed by atoms with Gasteiger partial charge in [-0.05, 0) is 31.4 Å². The molecule has 1 aromatic rings. The van der Waals surface area contributed by atoms with E-state index in [1.54, 1.807) is 0 Å². The third kappa shape index (κ3) is 3.27. The highest BCUT2D eigenvalue weighted by Gasteiger charge is 2.28. The zero-order valence-corrected chi connectivity index (χ0v) is 11.2. The lowest BCUT2D eigenvalue weighted by molar-refractivity contribution is 0.133. The lowest BCUT2D eigenvalue weighted by atomic mass is 9.95. The van der Waals surface area contributed by atoms with Gasteiger partial charge in [-0.15, -0.1) is 0 Å². The summed E-state index contributed by atoms with van der Waals surface area (Å²) in [7, 11) is 0. The molecule has 1 fully saturated rings. The fourth-order valence-corrected chi connectivity index (χ4v) is 2.48. The molecule has 3 nitrogen and oxygen atoms in total. The van der Waals surface area contributed by atoms with E-state index in [1.807, 2.05) is 12.4 Å². The molecule has 0 aromatic carbocycles. The number of hydrogen-bond donors (Lipinski definition) is 1. The molecule has 3 heteroatoms. The summed E-state index contributed by atoms with van der Waals surface area (Å²) in [5, 5.41) is 3.61. The van der Waals surface area contributed by atoms with Crippen LogP contribution in [0.4, 0.5) is 0 Å². The van der Waals surface area contributed by atoms with Crippen LogP contribution in [0.15, 0.2) is 18.5 Å². The lowest BCUT2D eigenvalue weighted by Gasteiger charge is -2.41. The van der Waals surface area contributed by atoms with Crippen molar-refractivity contribution in [3.05, 3.63) is 29.6 Å². The van der Waals surface area contributed by atoms with E-state index in [2.05, 4.69) is 42.0 Å². The molecule has 2 rings (SSSR count). The van der Waals surface area contributed by atoms with E-state index in [0.29, 0.717) is 0 Å². The predicted octanol–water partition coefficient (Wildman–Crippen LogP) is 1.96. The van der Waals surface area contributed by atoms with Gasteiger partial charge in [-0.1, -0.05) is 13.0 Å². The zero-order chi connectivity index (χ0) is 12.3. The summed E-state index contributed by atoms with van der Waals surface area (Å²) in [5.74, 6) is 0. The Morgan fingerprint density at radius 1 is 1.47 bits per heavy atom. The second-order valence-corrected chi connectivity index (χ2v) is 5.42. The maximum Gasteiger partial charge on any atom is 0.0313 e. The molecule has 0 aliphatic carbocycles. The summed E-state index contributed by atoms with van der Waals surface area (Å²) >= 11 is 0. The summed E-state index contributed by atoms with van der Waals surface area (Å²) in [6.07, 6.45) is 5.07. The monoisotopic (exact) mass is 233 g/mol. The summed E-state index contributed by atoms with van der Waals surface area (Å²) in [6.45, 7) is 11.0. The molecule has 1 saturated heterocycles. The van der Waals surface area contributed by atoms with Gasteiger partial charge in [0, 0.05) is 44.1 Å². The minimum Gasteiger partial charge on any atom is -0.309 e. The molecule has 0 spiro atoms. The number of rotatable bonds is 3. The number of piperazine rings is 1. The first-order valence-corrected chi connectivity index (χ1v) is 6.49. The van der Waals surface area contributed by atoms with Gasteiger partial charge in [0.1, 0.15) is 0 Å². The van der Waals surface area contributed by atoms with Crippen LogP contribution in [-0.2, 0) is 6.54 Å². The first-order chi connectivity index (χ1) is 8.11. The molecule has 2 heterocycles. The molecule has 1 atom stereocenters. The smallest absolute Gasteiger partial charge is 0.0313 e. The molecule has 1 N–H and O–H groups in total. The molecule has 0 radical (unpaired) electrons. The number of aryl methyl sites for hydroxylation is 1. The Balaban J connectivity index is 1.99. The second-order valence-electron chi connectivity index (χ2n) is 5.42. The van der Waals surface area contributed by atoms with E-state index >= 15 is 0 Å². The Morgan fingerprint density at radius 3 is 3.00 bits per heavy atom. The van der Waals surface area contributed by atoms with Gasteiger partial charge in [-0.25, -0.2) is 0 Å². The molecule has 94 valence electrons. The number of nitrogens with zero attached hydrogens (tertiary/aromatic N) is 2. The van der Waals surface area contributed by atoms with Gasteiger partial charge < -0.3 is 5.32 Å². The Morgan fingerprint density at radius 2 is 2.29 bits per heavy atom. The van der Waals surface area contributed by atoms with Crippen molar-refractivity contribution in [1.29, 1.82) is 0 Å². The summed E-state index contributed by atoms with van der Waals surface area (Å²) in [6, 6.07) is 2.23. The van der Waals surface area contributed by atoms with E-state index < -0.39 is 0 Å². The van der Waals surface area contributed by atoms with Crippen molar-refractivity contribution in [2.75, 3.05) is 19.6 Å². The zero-order valence-electron chi connectivity index (χ0n) is 11.2. The summed E-state index contributed by atoms with van der Waals surface area (Å²) in [5.41, 5.74) is 2.84. The Labute approximate surface area is 104 Å². The molecular formula is C14H23N3. The summed E-state index contributed by atoms with van der Waals surface area (Å²) in [4.78, 5) is 6.79. The van der Waals surface area contributed by atoms with Crippen LogP contribution in [0.1, 0.15) is 31.4 Å².